The van der Waals surface area contributed by atoms with Crippen LogP contribution in [0.4, 0.5) is 0 Å². The van der Waals surface area contributed by atoms with E-state index in [1.165, 1.54) is 0 Å². The van der Waals surface area contributed by atoms with Gasteiger partial charge in [0.2, 0.25) is 0 Å². The number of rotatable bonds is 0. The van der Waals surface area contributed by atoms with Gasteiger partial charge in [0.25, 0.3) is 0 Å². The summed E-state index contributed by atoms with van der Waals surface area (Å²) >= 11 is 0. The molecule has 6 aliphatic rings. The molecular weight excluding hydrogens is 386 g/mol. The predicted molar refractivity (Wildman–Crippen MR) is 107 cm³/mol. The summed E-state index contributed by atoms with van der Waals surface area (Å²) in [6.45, 7) is 4.36. The molecule has 6 rings (SSSR count). The van der Waals surface area contributed by atoms with E-state index in [1.807, 2.05) is 0 Å². The van der Waals surface area contributed by atoms with Crippen molar-refractivity contribution < 1.29 is 29.3 Å². The van der Waals surface area contributed by atoms with E-state index in [0.29, 0.717) is 62.7 Å². The van der Waals surface area contributed by atoms with Crippen LogP contribution in [0.25, 0.3) is 0 Å². The summed E-state index contributed by atoms with van der Waals surface area (Å²) in [4.78, 5) is 0. The Bertz CT molecular complexity index is 731. The average molecular weight is 422 g/mol. The summed E-state index contributed by atoms with van der Waals surface area (Å²) in [5, 5.41) is 25.4. The van der Waals surface area contributed by atoms with E-state index in [9.17, 15) is 10.3 Å². The molecule has 30 heavy (non-hydrogen) atoms. The molecule has 0 aromatic rings. The zero-order valence-electron chi connectivity index (χ0n) is 18.0. The van der Waals surface area contributed by atoms with E-state index >= 15 is 0 Å². The van der Waals surface area contributed by atoms with E-state index < -0.39 is 11.4 Å². The minimum atomic E-state index is -0.988. The lowest BCUT2D eigenvalue weighted by molar-refractivity contribution is -0.319. The number of ether oxygens (including phenoxy) is 4. The number of aliphatic hydroxyl groups is 1. The first kappa shape index (κ1) is 19.9. The minimum absolute atomic E-state index is 0.258. The average Bonchev–Trinajstić information content (AvgIpc) is 2.91. The van der Waals surface area contributed by atoms with Gasteiger partial charge in [-0.05, 0) is 56.3 Å². The fourth-order valence-corrected chi connectivity index (χ4v) is 8.90. The molecule has 2 aliphatic heterocycles. The number of fused-ring (bicyclic) bond motifs is 4. The Morgan fingerprint density at radius 3 is 2.33 bits per heavy atom. The Labute approximate surface area is 178 Å². The predicted octanol–water partition coefficient (Wildman–Crippen LogP) is 3.07. The van der Waals surface area contributed by atoms with E-state index in [2.05, 4.69) is 12.1 Å². The van der Waals surface area contributed by atoms with E-state index in [-0.39, 0.29) is 17.1 Å². The normalized spacial score (nSPS) is 56.8. The van der Waals surface area contributed by atoms with Crippen molar-refractivity contribution in [3.8, 4) is 0 Å². The third-order valence-electron chi connectivity index (χ3n) is 10.1. The largest absolute Gasteiger partial charge is 0.411 e. The maximum absolute atomic E-state index is 11.8. The van der Waals surface area contributed by atoms with E-state index in [4.69, 9.17) is 18.9 Å². The lowest BCUT2D eigenvalue weighted by Crippen LogP contribution is -2.68. The van der Waals surface area contributed by atoms with Crippen LogP contribution in [0.2, 0.25) is 0 Å². The molecule has 0 radical (unpaired) electrons. The third kappa shape index (κ3) is 2.21. The van der Waals surface area contributed by atoms with Gasteiger partial charge in [-0.3, -0.25) is 0 Å². The van der Waals surface area contributed by atoms with Crippen LogP contribution in [0, 0.1) is 28.6 Å². The highest BCUT2D eigenvalue weighted by Gasteiger charge is 2.74. The third-order valence-corrected chi connectivity index (χ3v) is 10.1. The SMILES string of the molecule is C[C@]12CCCC[C@]1(O)C(=NO)C[C@H]1[C@@H]3CCC45OCCOC(OCCO4)[C@]35CC[C@@H]12. The molecule has 7 nitrogen and oxygen atoms in total. The van der Waals surface area contributed by atoms with Crippen LogP contribution < -0.4 is 0 Å². The van der Waals surface area contributed by atoms with Crippen molar-refractivity contribution in [2.24, 2.45) is 33.7 Å². The molecular formula is C23H35NO6. The lowest BCUT2D eigenvalue weighted by atomic mass is 9.42. The highest BCUT2D eigenvalue weighted by Crippen LogP contribution is 2.71. The van der Waals surface area contributed by atoms with Crippen LogP contribution in [0.15, 0.2) is 5.16 Å². The van der Waals surface area contributed by atoms with Gasteiger partial charge in [-0.1, -0.05) is 24.9 Å². The first-order valence-electron chi connectivity index (χ1n) is 12.0. The lowest BCUT2D eigenvalue weighted by Gasteiger charge is -2.64. The van der Waals surface area contributed by atoms with Crippen molar-refractivity contribution in [2.45, 2.75) is 82.4 Å². The van der Waals surface area contributed by atoms with Crippen LogP contribution in [0.5, 0.6) is 0 Å². The summed E-state index contributed by atoms with van der Waals surface area (Å²) in [6, 6.07) is 0. The summed E-state index contributed by atoms with van der Waals surface area (Å²) in [7, 11) is 0. The zero-order valence-corrected chi connectivity index (χ0v) is 18.0. The molecule has 0 aromatic carbocycles. The molecule has 0 unspecified atom stereocenters. The second kappa shape index (κ2) is 6.64. The van der Waals surface area contributed by atoms with Crippen molar-refractivity contribution >= 4 is 5.71 Å². The van der Waals surface area contributed by atoms with Gasteiger partial charge in [-0.25, -0.2) is 0 Å². The number of hydrogen-bond acceptors (Lipinski definition) is 7. The maximum atomic E-state index is 11.8. The Kier molecular flexibility index (Phi) is 4.41. The molecule has 0 amide bonds. The Hall–Kier alpha value is -0.730. The Morgan fingerprint density at radius 1 is 0.900 bits per heavy atom. The Balaban J connectivity index is 1.46. The van der Waals surface area contributed by atoms with Crippen molar-refractivity contribution in [3.63, 3.8) is 0 Å². The number of nitrogens with zero attached hydrogens (tertiary/aromatic N) is 1. The van der Waals surface area contributed by atoms with Crippen molar-refractivity contribution in [2.75, 3.05) is 26.4 Å². The van der Waals surface area contributed by atoms with Crippen LogP contribution in [-0.2, 0) is 18.9 Å². The van der Waals surface area contributed by atoms with Crippen molar-refractivity contribution in [1.29, 1.82) is 0 Å². The molecule has 2 heterocycles. The number of hydrogen-bond donors (Lipinski definition) is 2. The maximum Gasteiger partial charge on any atom is 0.179 e. The highest BCUT2D eigenvalue weighted by atomic mass is 16.8. The second-order valence-corrected chi connectivity index (χ2v) is 10.8. The molecule has 2 bridgehead atoms. The first-order chi connectivity index (χ1) is 14.5. The molecule has 0 aromatic heterocycles. The molecule has 168 valence electrons. The molecule has 7 heteroatoms. The molecule has 2 N–H and O–H groups in total. The summed E-state index contributed by atoms with van der Waals surface area (Å²) in [5.74, 6) is 0.368. The van der Waals surface area contributed by atoms with Gasteiger partial charge < -0.3 is 29.3 Å². The van der Waals surface area contributed by atoms with Gasteiger partial charge in [-0.2, -0.15) is 0 Å². The molecule has 6 fully saturated rings. The fourth-order valence-electron chi connectivity index (χ4n) is 8.90. The topological polar surface area (TPSA) is 89.7 Å². The monoisotopic (exact) mass is 421 g/mol. The van der Waals surface area contributed by atoms with Crippen LogP contribution in [0.3, 0.4) is 0 Å². The van der Waals surface area contributed by atoms with Gasteiger partial charge in [0.05, 0.1) is 37.6 Å². The number of oxime groups is 1. The van der Waals surface area contributed by atoms with Gasteiger partial charge in [0, 0.05) is 11.8 Å². The van der Waals surface area contributed by atoms with E-state index in [1.54, 1.807) is 0 Å². The summed E-state index contributed by atoms with van der Waals surface area (Å²) in [5.41, 5.74) is -0.989. The van der Waals surface area contributed by atoms with E-state index in [0.717, 1.165) is 44.9 Å². The van der Waals surface area contributed by atoms with Crippen molar-refractivity contribution in [3.05, 3.63) is 0 Å². The van der Waals surface area contributed by atoms with Gasteiger partial charge >= 0.3 is 0 Å². The van der Waals surface area contributed by atoms with Gasteiger partial charge in [0.1, 0.15) is 5.60 Å². The van der Waals surface area contributed by atoms with Crippen LogP contribution in [-0.4, -0.2) is 60.1 Å². The first-order valence-corrected chi connectivity index (χ1v) is 12.0. The molecule has 4 saturated carbocycles. The smallest absolute Gasteiger partial charge is 0.179 e. The molecule has 1 spiro atoms. The minimum Gasteiger partial charge on any atom is -0.411 e. The zero-order chi connectivity index (χ0) is 20.6. The summed E-state index contributed by atoms with van der Waals surface area (Å²) in [6.07, 6.45) is 7.91. The Morgan fingerprint density at radius 2 is 1.60 bits per heavy atom. The van der Waals surface area contributed by atoms with Crippen LogP contribution >= 0.6 is 0 Å². The molecule has 2 saturated heterocycles. The van der Waals surface area contributed by atoms with Crippen LogP contribution in [0.1, 0.15) is 64.7 Å². The quantitative estimate of drug-likeness (QED) is 0.462. The molecule has 6 atom stereocenters. The standard InChI is InChI=1S/C23H35NO6/c1-20-6-2-3-7-22(20,25)18(24-26)14-15-16(20)4-8-21-17(15)5-9-23(21)29-12-10-27-19(21)28-11-13-30-23/h15-17,19,25-26H,2-14H2,1H3/t15-,16+,17+,19?,20-,21+,22+,23?/m1/s1. The highest BCUT2D eigenvalue weighted by molar-refractivity contribution is 5.94. The second-order valence-electron chi connectivity index (χ2n) is 10.8. The van der Waals surface area contributed by atoms with Gasteiger partial charge in [0.15, 0.2) is 12.1 Å². The molecule has 4 aliphatic carbocycles. The van der Waals surface area contributed by atoms with Crippen molar-refractivity contribution in [1.82, 2.24) is 0 Å². The van der Waals surface area contributed by atoms with Gasteiger partial charge in [-0.15, -0.1) is 0 Å². The summed E-state index contributed by atoms with van der Waals surface area (Å²) < 4.78 is 25.4. The fraction of sp³-hybridized carbons (Fsp3) is 0.957.